The maximum atomic E-state index is 11.7. The van der Waals surface area contributed by atoms with Gasteiger partial charge >= 0.3 is 0 Å². The molecule has 0 spiro atoms. The molecule has 80 valence electrons. The number of rotatable bonds is 4. The van der Waals surface area contributed by atoms with E-state index in [4.69, 9.17) is 5.73 Å². The smallest absolute Gasteiger partial charge is 0.261 e. The van der Waals surface area contributed by atoms with Crippen LogP contribution in [-0.4, -0.2) is 42.4 Å². The van der Waals surface area contributed by atoms with Crippen molar-refractivity contribution in [3.8, 4) is 0 Å². The molecule has 0 aliphatic carbocycles. The van der Waals surface area contributed by atoms with E-state index in [1.165, 1.54) is 23.9 Å². The third-order valence-electron chi connectivity index (χ3n) is 1.80. The molecule has 0 amide bonds. The van der Waals surface area contributed by atoms with E-state index >= 15 is 0 Å². The maximum Gasteiger partial charge on any atom is 0.261 e. The zero-order valence-electron chi connectivity index (χ0n) is 8.21. The van der Waals surface area contributed by atoms with Gasteiger partial charge in [0.1, 0.15) is 0 Å². The van der Waals surface area contributed by atoms with Crippen LogP contribution in [0.2, 0.25) is 0 Å². The first-order valence-corrected chi connectivity index (χ1v) is 5.57. The van der Waals surface area contributed by atoms with Gasteiger partial charge in [-0.05, 0) is 0 Å². The number of nitrogens with two attached hydrogens (primary N) is 1. The lowest BCUT2D eigenvalue weighted by molar-refractivity contribution is 0.474. The molecule has 14 heavy (non-hydrogen) atoms. The summed E-state index contributed by atoms with van der Waals surface area (Å²) >= 11 is 0. The van der Waals surface area contributed by atoms with E-state index in [0.29, 0.717) is 13.1 Å². The highest BCUT2D eigenvalue weighted by atomic mass is 32.2. The van der Waals surface area contributed by atoms with Crippen molar-refractivity contribution in [2.45, 2.75) is 5.03 Å². The summed E-state index contributed by atoms with van der Waals surface area (Å²) in [5, 5.41) is 0.0518. The second-order valence-corrected chi connectivity index (χ2v) is 4.98. The Hall–Kier alpha value is -0.920. The minimum absolute atomic E-state index is 0.0518. The highest BCUT2D eigenvalue weighted by Crippen LogP contribution is 2.09. The molecule has 0 aliphatic heterocycles. The van der Waals surface area contributed by atoms with Gasteiger partial charge in [-0.3, -0.25) is 0 Å². The predicted molar refractivity (Wildman–Crippen MR) is 52.1 cm³/mol. The van der Waals surface area contributed by atoms with Gasteiger partial charge in [-0.15, -0.1) is 0 Å². The Balaban J connectivity index is 2.96. The van der Waals surface area contributed by atoms with Crippen LogP contribution in [0.5, 0.6) is 0 Å². The van der Waals surface area contributed by atoms with Gasteiger partial charge in [0, 0.05) is 33.4 Å². The predicted octanol–water partition coefficient (Wildman–Crippen LogP) is -1.00. The van der Waals surface area contributed by atoms with E-state index in [1.54, 1.807) is 11.6 Å². The Bertz CT molecular complexity index is 398. The number of hydrogen-bond acceptors (Lipinski definition) is 4. The number of aromatic nitrogens is 2. The first-order valence-electron chi connectivity index (χ1n) is 4.13. The lowest BCUT2D eigenvalue weighted by Gasteiger charge is -2.13. The van der Waals surface area contributed by atoms with Crippen LogP contribution in [0.1, 0.15) is 0 Å². The first kappa shape index (κ1) is 11.2. The van der Waals surface area contributed by atoms with E-state index < -0.39 is 10.0 Å². The summed E-state index contributed by atoms with van der Waals surface area (Å²) in [6.45, 7) is 0.585. The topological polar surface area (TPSA) is 81.2 Å². The number of nitrogens with zero attached hydrogens (tertiary/aromatic N) is 3. The minimum Gasteiger partial charge on any atom is -0.339 e. The number of aryl methyl sites for hydroxylation is 1. The van der Waals surface area contributed by atoms with Crippen molar-refractivity contribution < 1.29 is 8.42 Å². The van der Waals surface area contributed by atoms with Crippen LogP contribution in [0.15, 0.2) is 17.6 Å². The number of imidazole rings is 1. The monoisotopic (exact) mass is 218 g/mol. The average molecular weight is 218 g/mol. The van der Waals surface area contributed by atoms with Crippen molar-refractivity contribution >= 4 is 10.0 Å². The SMILES string of the molecule is CN(CCN)S(=O)(=O)c1cn(C)cn1. The number of sulfonamides is 1. The molecule has 0 atom stereocenters. The number of hydrogen-bond donors (Lipinski definition) is 1. The van der Waals surface area contributed by atoms with Crippen LogP contribution in [0.3, 0.4) is 0 Å². The normalized spacial score (nSPS) is 12.3. The molecule has 2 N–H and O–H groups in total. The summed E-state index contributed by atoms with van der Waals surface area (Å²) in [5.74, 6) is 0. The van der Waals surface area contributed by atoms with Crippen LogP contribution in [-0.2, 0) is 17.1 Å². The third-order valence-corrected chi connectivity index (χ3v) is 3.54. The Morgan fingerprint density at radius 1 is 1.64 bits per heavy atom. The standard InChI is InChI=1S/C7H14N4O2S/c1-10-5-7(9-6-10)14(12,13)11(2)4-3-8/h5-6H,3-4,8H2,1-2H3. The fourth-order valence-corrected chi connectivity index (χ4v) is 2.13. The molecule has 1 aromatic rings. The Morgan fingerprint density at radius 2 is 2.29 bits per heavy atom. The van der Waals surface area contributed by atoms with E-state index in [0.717, 1.165) is 0 Å². The minimum atomic E-state index is -3.46. The van der Waals surface area contributed by atoms with Crippen LogP contribution < -0.4 is 5.73 Å². The zero-order chi connectivity index (χ0) is 10.8. The molecule has 0 saturated carbocycles. The molecule has 0 unspecified atom stereocenters. The Labute approximate surface area is 83.4 Å². The lowest BCUT2D eigenvalue weighted by Crippen LogP contribution is -2.31. The molecule has 0 fully saturated rings. The van der Waals surface area contributed by atoms with Gasteiger partial charge in [-0.2, -0.15) is 4.31 Å². The molecule has 7 heteroatoms. The highest BCUT2D eigenvalue weighted by molar-refractivity contribution is 7.89. The first-order chi connectivity index (χ1) is 6.48. The van der Waals surface area contributed by atoms with Gasteiger partial charge in [0.15, 0.2) is 5.03 Å². The Morgan fingerprint density at radius 3 is 2.71 bits per heavy atom. The van der Waals surface area contributed by atoms with Crippen molar-refractivity contribution in [2.24, 2.45) is 12.8 Å². The van der Waals surface area contributed by atoms with Gasteiger partial charge < -0.3 is 10.3 Å². The van der Waals surface area contributed by atoms with Crippen LogP contribution >= 0.6 is 0 Å². The van der Waals surface area contributed by atoms with Gasteiger partial charge in [-0.25, -0.2) is 13.4 Å². The summed E-state index contributed by atoms with van der Waals surface area (Å²) < 4.78 is 26.2. The van der Waals surface area contributed by atoms with Crippen LogP contribution in [0.4, 0.5) is 0 Å². The van der Waals surface area contributed by atoms with E-state index in [2.05, 4.69) is 4.98 Å². The van der Waals surface area contributed by atoms with Crippen molar-refractivity contribution in [3.63, 3.8) is 0 Å². The van der Waals surface area contributed by atoms with Crippen LogP contribution in [0, 0.1) is 0 Å². The van der Waals surface area contributed by atoms with Gasteiger partial charge in [0.2, 0.25) is 0 Å². The van der Waals surface area contributed by atoms with E-state index in [9.17, 15) is 8.42 Å². The maximum absolute atomic E-state index is 11.7. The van der Waals surface area contributed by atoms with Crippen molar-refractivity contribution in [3.05, 3.63) is 12.5 Å². The van der Waals surface area contributed by atoms with Crippen molar-refractivity contribution in [2.75, 3.05) is 20.1 Å². The van der Waals surface area contributed by atoms with Crippen molar-refractivity contribution in [1.29, 1.82) is 0 Å². The summed E-state index contributed by atoms with van der Waals surface area (Å²) in [4.78, 5) is 3.78. The summed E-state index contributed by atoms with van der Waals surface area (Å²) in [5.41, 5.74) is 5.28. The molecule has 0 aliphatic rings. The van der Waals surface area contributed by atoms with E-state index in [1.807, 2.05) is 0 Å². The molecule has 0 aromatic carbocycles. The highest BCUT2D eigenvalue weighted by Gasteiger charge is 2.22. The Kier molecular flexibility index (Phi) is 3.25. The second kappa shape index (κ2) is 4.07. The molecular weight excluding hydrogens is 204 g/mol. The molecular formula is C7H14N4O2S. The van der Waals surface area contributed by atoms with Gasteiger partial charge in [0.05, 0.1) is 6.33 Å². The zero-order valence-corrected chi connectivity index (χ0v) is 9.03. The third kappa shape index (κ3) is 2.11. The van der Waals surface area contributed by atoms with Gasteiger partial charge in [0.25, 0.3) is 10.0 Å². The molecule has 1 rings (SSSR count). The lowest BCUT2D eigenvalue weighted by atomic mass is 10.7. The second-order valence-electron chi connectivity index (χ2n) is 2.99. The fraction of sp³-hybridized carbons (Fsp3) is 0.571. The largest absolute Gasteiger partial charge is 0.339 e. The molecule has 1 heterocycles. The van der Waals surface area contributed by atoms with Crippen molar-refractivity contribution in [1.82, 2.24) is 13.9 Å². The summed E-state index contributed by atoms with van der Waals surface area (Å²) in [7, 11) is -0.259. The molecule has 1 aromatic heterocycles. The van der Waals surface area contributed by atoms with Gasteiger partial charge in [-0.1, -0.05) is 0 Å². The molecule has 0 bridgehead atoms. The molecule has 0 radical (unpaired) electrons. The number of likely N-dealkylation sites (N-methyl/N-ethyl adjacent to an activating group) is 1. The molecule has 0 saturated heterocycles. The van der Waals surface area contributed by atoms with E-state index in [-0.39, 0.29) is 5.03 Å². The quantitative estimate of drug-likeness (QED) is 0.702. The molecule has 6 nitrogen and oxygen atoms in total. The summed E-state index contributed by atoms with van der Waals surface area (Å²) in [6.07, 6.45) is 2.91. The van der Waals surface area contributed by atoms with Crippen LogP contribution in [0.25, 0.3) is 0 Å². The fourth-order valence-electron chi connectivity index (χ4n) is 0.984. The average Bonchev–Trinajstić information content (AvgIpc) is 2.52. The summed E-state index contributed by atoms with van der Waals surface area (Å²) in [6, 6.07) is 0.